The Balaban J connectivity index is 1.72. The molecular formula is C19H14F2N2O3. The van der Waals surface area contributed by atoms with Crippen molar-refractivity contribution in [3.63, 3.8) is 0 Å². The third kappa shape index (κ3) is 4.13. The van der Waals surface area contributed by atoms with Gasteiger partial charge in [-0.05, 0) is 11.6 Å². The van der Waals surface area contributed by atoms with E-state index in [-0.39, 0.29) is 5.69 Å². The van der Waals surface area contributed by atoms with Crippen LogP contribution in [0.15, 0.2) is 60.8 Å². The Morgan fingerprint density at radius 1 is 1.12 bits per heavy atom. The van der Waals surface area contributed by atoms with Gasteiger partial charge in [0.2, 0.25) is 0 Å². The molecule has 0 saturated heterocycles. The molecule has 7 heteroatoms. The Hall–Kier alpha value is -3.48. The summed E-state index contributed by atoms with van der Waals surface area (Å²) in [5, 5.41) is 11.8. The van der Waals surface area contributed by atoms with E-state index in [1.54, 1.807) is 6.07 Å². The van der Waals surface area contributed by atoms with Crippen molar-refractivity contribution in [2.24, 2.45) is 0 Å². The number of carbonyl (C=O) groups is 1. The summed E-state index contributed by atoms with van der Waals surface area (Å²) in [7, 11) is 0. The van der Waals surface area contributed by atoms with E-state index < -0.39 is 29.0 Å². The van der Waals surface area contributed by atoms with Crippen LogP contribution in [0.25, 0.3) is 0 Å². The van der Waals surface area contributed by atoms with E-state index in [9.17, 15) is 18.7 Å². The number of amides is 1. The van der Waals surface area contributed by atoms with Gasteiger partial charge in [-0.1, -0.05) is 30.3 Å². The van der Waals surface area contributed by atoms with Gasteiger partial charge in [0.25, 0.3) is 5.91 Å². The highest BCUT2D eigenvalue weighted by Gasteiger charge is 2.16. The molecule has 0 atom stereocenters. The number of anilines is 1. The van der Waals surface area contributed by atoms with Crippen LogP contribution in [-0.4, -0.2) is 16.0 Å². The second-order valence-electron chi connectivity index (χ2n) is 5.39. The maximum Gasteiger partial charge on any atom is 0.274 e. The first-order valence-electron chi connectivity index (χ1n) is 7.65. The lowest BCUT2D eigenvalue weighted by Gasteiger charge is -2.10. The van der Waals surface area contributed by atoms with E-state index in [2.05, 4.69) is 10.3 Å². The van der Waals surface area contributed by atoms with Crippen molar-refractivity contribution in [1.82, 2.24) is 4.98 Å². The van der Waals surface area contributed by atoms with Crippen LogP contribution < -0.4 is 10.1 Å². The van der Waals surface area contributed by atoms with Gasteiger partial charge in [0.1, 0.15) is 35.3 Å². The number of hydrogen-bond acceptors (Lipinski definition) is 4. The summed E-state index contributed by atoms with van der Waals surface area (Å²) in [4.78, 5) is 16.1. The Labute approximate surface area is 147 Å². The molecule has 0 aliphatic heterocycles. The smallest absolute Gasteiger partial charge is 0.274 e. The number of nitrogens with zero attached hydrogens (tertiary/aromatic N) is 1. The number of aromatic nitrogens is 1. The highest BCUT2D eigenvalue weighted by molar-refractivity contribution is 6.03. The molecular weight excluding hydrogens is 342 g/mol. The first kappa shape index (κ1) is 17.3. The number of pyridine rings is 1. The molecule has 0 spiro atoms. The normalized spacial score (nSPS) is 10.4. The average molecular weight is 356 g/mol. The summed E-state index contributed by atoms with van der Waals surface area (Å²) in [5.74, 6) is -3.12. The number of phenolic OH excluding ortho intramolecular Hbond substituents is 1. The van der Waals surface area contributed by atoms with Crippen molar-refractivity contribution in [3.8, 4) is 11.5 Å². The number of nitrogens with one attached hydrogen (secondary N) is 1. The molecule has 1 aromatic heterocycles. The maximum atomic E-state index is 13.7. The van der Waals surface area contributed by atoms with Gasteiger partial charge in [-0.2, -0.15) is 0 Å². The summed E-state index contributed by atoms with van der Waals surface area (Å²) in [6.07, 6.45) is 1.37. The Kier molecular flexibility index (Phi) is 5.07. The molecule has 26 heavy (non-hydrogen) atoms. The fraction of sp³-hybridized carbons (Fsp3) is 0.0526. The lowest BCUT2D eigenvalue weighted by Crippen LogP contribution is -2.15. The number of phenols is 1. The van der Waals surface area contributed by atoms with Gasteiger partial charge >= 0.3 is 0 Å². The first-order chi connectivity index (χ1) is 12.5. The van der Waals surface area contributed by atoms with Crippen molar-refractivity contribution >= 4 is 11.6 Å². The molecule has 3 aromatic rings. The molecule has 132 valence electrons. The summed E-state index contributed by atoms with van der Waals surface area (Å²) < 4.78 is 32.3. The van der Waals surface area contributed by atoms with Gasteiger partial charge in [0.15, 0.2) is 5.82 Å². The van der Waals surface area contributed by atoms with E-state index in [1.807, 2.05) is 30.3 Å². The molecule has 1 heterocycles. The minimum absolute atomic E-state index is 0.0429. The number of rotatable bonds is 5. The van der Waals surface area contributed by atoms with Crippen LogP contribution in [0.5, 0.6) is 11.5 Å². The molecule has 0 aliphatic rings. The third-order valence-corrected chi connectivity index (χ3v) is 3.49. The number of hydrogen-bond donors (Lipinski definition) is 2. The summed E-state index contributed by atoms with van der Waals surface area (Å²) in [5.41, 5.74) is 0.390. The van der Waals surface area contributed by atoms with Gasteiger partial charge in [0, 0.05) is 24.4 Å². The van der Waals surface area contributed by atoms with Crippen LogP contribution in [0.3, 0.4) is 0 Å². The van der Waals surface area contributed by atoms with Crippen molar-refractivity contribution in [2.45, 2.75) is 6.61 Å². The lowest BCUT2D eigenvalue weighted by atomic mass is 10.2. The zero-order chi connectivity index (χ0) is 18.5. The molecule has 0 fully saturated rings. The third-order valence-electron chi connectivity index (χ3n) is 3.49. The number of ether oxygens (including phenoxy) is 1. The zero-order valence-electron chi connectivity index (χ0n) is 13.4. The fourth-order valence-electron chi connectivity index (χ4n) is 2.23. The van der Waals surface area contributed by atoms with Crippen LogP contribution in [0, 0.1) is 11.6 Å². The van der Waals surface area contributed by atoms with Gasteiger partial charge in [-0.15, -0.1) is 0 Å². The molecule has 0 unspecified atom stereocenters. The highest BCUT2D eigenvalue weighted by Crippen LogP contribution is 2.28. The molecule has 0 aliphatic carbocycles. The molecule has 1 amide bonds. The van der Waals surface area contributed by atoms with Crippen LogP contribution >= 0.6 is 0 Å². The fourth-order valence-corrected chi connectivity index (χ4v) is 2.23. The monoisotopic (exact) mass is 356 g/mol. The molecule has 2 aromatic carbocycles. The largest absolute Gasteiger partial charge is 0.506 e. The molecule has 2 N–H and O–H groups in total. The molecule has 0 bridgehead atoms. The Morgan fingerprint density at radius 2 is 1.88 bits per heavy atom. The van der Waals surface area contributed by atoms with Crippen LogP contribution in [0.2, 0.25) is 0 Å². The van der Waals surface area contributed by atoms with Crippen molar-refractivity contribution in [3.05, 3.63) is 83.7 Å². The van der Waals surface area contributed by atoms with E-state index in [1.165, 1.54) is 12.3 Å². The van der Waals surface area contributed by atoms with Crippen molar-refractivity contribution in [2.75, 3.05) is 5.32 Å². The average Bonchev–Trinajstić information content (AvgIpc) is 2.64. The standard InChI is InChI=1S/C19H14F2N2O3/c20-13-8-15(21)18(17(24)9-13)23-19(25)16-10-14(6-7-22-16)26-11-12-4-2-1-3-5-12/h1-10,24H,11H2,(H,23,25). The summed E-state index contributed by atoms with van der Waals surface area (Å²) in [6, 6.07) is 13.7. The molecule has 3 rings (SSSR count). The maximum absolute atomic E-state index is 13.7. The summed E-state index contributed by atoms with van der Waals surface area (Å²) in [6.45, 7) is 0.305. The van der Waals surface area contributed by atoms with Crippen LogP contribution in [-0.2, 0) is 6.61 Å². The Bertz CT molecular complexity index is 910. The minimum Gasteiger partial charge on any atom is -0.506 e. The van der Waals surface area contributed by atoms with E-state index in [0.29, 0.717) is 24.5 Å². The topological polar surface area (TPSA) is 71.5 Å². The van der Waals surface area contributed by atoms with E-state index in [4.69, 9.17) is 4.74 Å². The Morgan fingerprint density at radius 3 is 2.62 bits per heavy atom. The lowest BCUT2D eigenvalue weighted by molar-refractivity contribution is 0.102. The van der Waals surface area contributed by atoms with Crippen molar-refractivity contribution in [1.29, 1.82) is 0 Å². The first-order valence-corrected chi connectivity index (χ1v) is 7.65. The quantitative estimate of drug-likeness (QED) is 0.680. The van der Waals surface area contributed by atoms with Crippen LogP contribution in [0.1, 0.15) is 16.1 Å². The summed E-state index contributed by atoms with van der Waals surface area (Å²) >= 11 is 0. The van der Waals surface area contributed by atoms with Gasteiger partial charge in [0.05, 0.1) is 0 Å². The van der Waals surface area contributed by atoms with Gasteiger partial charge in [-0.25, -0.2) is 8.78 Å². The number of halogens is 2. The SMILES string of the molecule is O=C(Nc1c(O)cc(F)cc1F)c1cc(OCc2ccccc2)ccn1. The zero-order valence-corrected chi connectivity index (χ0v) is 13.4. The number of carbonyl (C=O) groups excluding carboxylic acids is 1. The predicted molar refractivity (Wildman–Crippen MR) is 91.0 cm³/mol. The van der Waals surface area contributed by atoms with Crippen LogP contribution in [0.4, 0.5) is 14.5 Å². The number of aromatic hydroxyl groups is 1. The van der Waals surface area contributed by atoms with Crippen molar-refractivity contribution < 1.29 is 23.4 Å². The van der Waals surface area contributed by atoms with Gasteiger partial charge in [-0.3, -0.25) is 9.78 Å². The highest BCUT2D eigenvalue weighted by atomic mass is 19.1. The minimum atomic E-state index is -1.09. The number of benzene rings is 2. The van der Waals surface area contributed by atoms with E-state index in [0.717, 1.165) is 5.56 Å². The molecule has 0 radical (unpaired) electrons. The molecule has 0 saturated carbocycles. The second-order valence-corrected chi connectivity index (χ2v) is 5.39. The van der Waals surface area contributed by atoms with E-state index >= 15 is 0 Å². The molecule has 5 nitrogen and oxygen atoms in total. The second kappa shape index (κ2) is 7.60. The van der Waals surface area contributed by atoms with Gasteiger partial charge < -0.3 is 15.2 Å². The predicted octanol–water partition coefficient (Wildman–Crippen LogP) is 3.90.